The maximum absolute atomic E-state index is 12.5. The molecule has 0 aromatic carbocycles. The largest absolute Gasteiger partial charge is 0.306 e. The molecule has 0 saturated heterocycles. The second-order valence-electron chi connectivity index (χ2n) is 8.49. The van der Waals surface area contributed by atoms with Crippen LogP contribution in [-0.2, 0) is 4.79 Å². The molecule has 7 nitrogen and oxygen atoms in total. The normalized spacial score (nSPS) is 25.9. The zero-order valence-electron chi connectivity index (χ0n) is 15.8. The molecule has 1 N–H and O–H groups in total. The zero-order valence-corrected chi connectivity index (χ0v) is 15.8. The summed E-state index contributed by atoms with van der Waals surface area (Å²) in [6.07, 6.45) is 4.78. The number of hydrogen-bond acceptors (Lipinski definition) is 5. The number of rotatable bonds is 3. The Morgan fingerprint density at radius 1 is 1.38 bits per heavy atom. The van der Waals surface area contributed by atoms with Crippen LogP contribution in [0.5, 0.6) is 0 Å². The molecule has 26 heavy (non-hydrogen) atoms. The van der Waals surface area contributed by atoms with Crippen LogP contribution in [-0.4, -0.2) is 11.2 Å². The van der Waals surface area contributed by atoms with E-state index in [1.165, 1.54) is 0 Å². The highest BCUT2D eigenvalue weighted by Gasteiger charge is 2.63. The maximum atomic E-state index is 12.5. The first-order chi connectivity index (χ1) is 12.2. The fourth-order valence-corrected chi connectivity index (χ4v) is 3.94. The minimum Gasteiger partial charge on any atom is -0.288 e. The van der Waals surface area contributed by atoms with E-state index in [4.69, 9.17) is 4.52 Å². The molecular formula is C19H24N5O2+. The molecule has 1 aromatic rings. The molecule has 3 unspecified atom stereocenters. The Kier molecular flexibility index (Phi) is 4.15. The average Bonchev–Trinajstić information content (AvgIpc) is 3.26. The van der Waals surface area contributed by atoms with E-state index in [0.29, 0.717) is 5.69 Å². The molecule has 0 aliphatic heterocycles. The van der Waals surface area contributed by atoms with Crippen molar-refractivity contribution in [1.82, 2.24) is 5.27 Å². The van der Waals surface area contributed by atoms with Crippen LogP contribution < -0.4 is 10.00 Å². The molecule has 2 aliphatic rings. The molecular weight excluding hydrogens is 330 g/mol. The predicted octanol–water partition coefficient (Wildman–Crippen LogP) is 2.85. The summed E-state index contributed by atoms with van der Waals surface area (Å²) in [5.74, 6) is -0.428. The van der Waals surface area contributed by atoms with Crippen LogP contribution in [0, 0.1) is 45.3 Å². The Hall–Kier alpha value is -2.67. The van der Waals surface area contributed by atoms with Gasteiger partial charge in [-0.3, -0.25) is 14.6 Å². The van der Waals surface area contributed by atoms with Gasteiger partial charge in [-0.1, -0.05) is 32.9 Å². The highest BCUT2D eigenvalue weighted by atomic mass is 16.5. The smallest absolute Gasteiger partial charge is 0.288 e. The Bertz CT molecular complexity index is 833. The minimum absolute atomic E-state index is 0.0350. The predicted molar refractivity (Wildman–Crippen MR) is 92.3 cm³/mol. The van der Waals surface area contributed by atoms with Crippen molar-refractivity contribution in [3.05, 3.63) is 17.8 Å². The van der Waals surface area contributed by atoms with Crippen molar-refractivity contribution in [3.63, 3.8) is 0 Å². The Morgan fingerprint density at radius 3 is 2.58 bits per heavy atom. The number of allylic oxidation sites excluding steroid dienone is 2. The highest BCUT2D eigenvalue weighted by Crippen LogP contribution is 2.60. The lowest BCUT2D eigenvalue weighted by Gasteiger charge is -2.27. The monoisotopic (exact) mass is 354 g/mol. The number of fused-ring (bicyclic) bond motifs is 2. The first kappa shape index (κ1) is 18.1. The van der Waals surface area contributed by atoms with Crippen molar-refractivity contribution in [2.75, 3.05) is 5.32 Å². The number of anilines is 1. The molecule has 3 atom stereocenters. The van der Waals surface area contributed by atoms with Crippen LogP contribution in [0.1, 0.15) is 58.7 Å². The van der Waals surface area contributed by atoms with Gasteiger partial charge in [0.2, 0.25) is 11.2 Å². The van der Waals surface area contributed by atoms with E-state index in [2.05, 4.69) is 28.8 Å². The molecule has 0 radical (unpaired) electrons. The summed E-state index contributed by atoms with van der Waals surface area (Å²) in [6.45, 7) is 9.33. The zero-order chi connectivity index (χ0) is 19.3. The van der Waals surface area contributed by atoms with Crippen molar-refractivity contribution in [2.24, 2.45) is 22.7 Å². The van der Waals surface area contributed by atoms with E-state index in [1.54, 1.807) is 4.68 Å². The van der Waals surface area contributed by atoms with Gasteiger partial charge in [-0.25, -0.2) is 0 Å². The van der Waals surface area contributed by atoms with Crippen LogP contribution in [0.25, 0.3) is 0 Å². The third kappa shape index (κ3) is 2.50. The topological polar surface area (TPSA) is 107 Å². The van der Waals surface area contributed by atoms with Crippen LogP contribution in [0.4, 0.5) is 5.88 Å². The first-order valence-electron chi connectivity index (χ1n) is 8.89. The Balaban J connectivity index is 2.14. The van der Waals surface area contributed by atoms with Crippen molar-refractivity contribution in [1.29, 1.82) is 10.5 Å². The van der Waals surface area contributed by atoms with E-state index in [-0.39, 0.29) is 29.7 Å². The molecule has 1 heterocycles. The van der Waals surface area contributed by atoms with E-state index in [1.807, 2.05) is 40.7 Å². The van der Waals surface area contributed by atoms with E-state index < -0.39 is 16.7 Å². The molecule has 1 aromatic heterocycles. The van der Waals surface area contributed by atoms with E-state index in [9.17, 15) is 15.3 Å². The quantitative estimate of drug-likeness (QED) is 0.663. The second-order valence-corrected chi connectivity index (χ2v) is 8.49. The van der Waals surface area contributed by atoms with Gasteiger partial charge >= 0.3 is 5.88 Å². The number of hydrogen-bond donors (Lipinski definition) is 1. The Labute approximate surface area is 153 Å². The van der Waals surface area contributed by atoms with Gasteiger partial charge in [0.05, 0.1) is 18.1 Å². The van der Waals surface area contributed by atoms with Gasteiger partial charge in [-0.15, -0.1) is 0 Å². The summed E-state index contributed by atoms with van der Waals surface area (Å²) < 4.78 is 7.14. The standard InChI is InChI=1S/C19H23N5O2/c1-11(2)24-15(16(26-23-24)22-17(25)18(3,4)5)14-12-6-7-13(8-12)19(14,9-20)10-21/h6-7,11-14H,8H2,1-5H3/p+1. The lowest BCUT2D eigenvalue weighted by Crippen LogP contribution is -2.46. The number of nitrogens with zero attached hydrogens (tertiary/aromatic N) is 4. The molecule has 2 bridgehead atoms. The molecule has 1 amide bonds. The maximum Gasteiger partial charge on any atom is 0.306 e. The number of amides is 1. The lowest BCUT2D eigenvalue weighted by molar-refractivity contribution is -0.786. The Morgan fingerprint density at radius 2 is 2.04 bits per heavy atom. The van der Waals surface area contributed by atoms with Gasteiger partial charge in [-0.2, -0.15) is 10.5 Å². The summed E-state index contributed by atoms with van der Waals surface area (Å²) in [6, 6.07) is 4.50. The van der Waals surface area contributed by atoms with Crippen molar-refractivity contribution in [2.45, 2.75) is 53.0 Å². The molecule has 7 heteroatoms. The van der Waals surface area contributed by atoms with E-state index in [0.717, 1.165) is 6.42 Å². The average molecular weight is 354 g/mol. The van der Waals surface area contributed by atoms with Gasteiger partial charge in [0, 0.05) is 25.2 Å². The van der Waals surface area contributed by atoms with Crippen LogP contribution >= 0.6 is 0 Å². The van der Waals surface area contributed by atoms with Crippen molar-refractivity contribution >= 4 is 11.8 Å². The minimum atomic E-state index is -1.18. The molecule has 1 fully saturated rings. The van der Waals surface area contributed by atoms with Gasteiger partial charge in [-0.05, 0) is 17.0 Å². The van der Waals surface area contributed by atoms with Crippen LogP contribution in [0.3, 0.4) is 0 Å². The number of nitrogens with one attached hydrogen (secondary N) is 1. The molecule has 136 valence electrons. The van der Waals surface area contributed by atoms with Gasteiger partial charge < -0.3 is 0 Å². The van der Waals surface area contributed by atoms with Gasteiger partial charge in [0.15, 0.2) is 11.5 Å². The van der Waals surface area contributed by atoms with Gasteiger partial charge in [0.25, 0.3) is 5.69 Å². The summed E-state index contributed by atoms with van der Waals surface area (Å²) >= 11 is 0. The highest BCUT2D eigenvalue weighted by molar-refractivity contribution is 5.93. The van der Waals surface area contributed by atoms with Gasteiger partial charge in [0.1, 0.15) is 0 Å². The summed E-state index contributed by atoms with van der Waals surface area (Å²) in [5, 5.41) is 26.7. The number of nitriles is 2. The summed E-state index contributed by atoms with van der Waals surface area (Å²) in [5.41, 5.74) is -1.16. The number of aromatic nitrogens is 2. The molecule has 0 spiro atoms. The fourth-order valence-electron chi connectivity index (χ4n) is 3.94. The summed E-state index contributed by atoms with van der Waals surface area (Å²) in [4.78, 5) is 12.5. The SMILES string of the molecule is CC(C)[n+]1noc(NC(=O)C(C)(C)C)c1C1C2C=CC(C2)C1(C#N)C#N. The number of carbonyl (C=O) groups excluding carboxylic acids is 1. The first-order valence-corrected chi connectivity index (χ1v) is 8.89. The van der Waals surface area contributed by atoms with E-state index >= 15 is 0 Å². The van der Waals surface area contributed by atoms with Crippen LogP contribution in [0.2, 0.25) is 0 Å². The third-order valence-electron chi connectivity index (χ3n) is 5.38. The fraction of sp³-hybridized carbons (Fsp3) is 0.632. The molecule has 3 rings (SSSR count). The third-order valence-corrected chi connectivity index (χ3v) is 5.38. The van der Waals surface area contributed by atoms with Crippen molar-refractivity contribution < 1.29 is 14.0 Å². The summed E-state index contributed by atoms with van der Waals surface area (Å²) in [7, 11) is 0. The van der Waals surface area contributed by atoms with Crippen molar-refractivity contribution in [3.8, 4) is 12.1 Å². The lowest BCUT2D eigenvalue weighted by atomic mass is 9.69. The molecule has 1 saturated carbocycles. The van der Waals surface area contributed by atoms with Crippen LogP contribution in [0.15, 0.2) is 16.7 Å². The number of carbonyl (C=O) groups is 1. The second kappa shape index (κ2) is 5.95. The molecule has 2 aliphatic carbocycles.